The molecule has 1 aromatic rings. The van der Waals surface area contributed by atoms with Crippen LogP contribution in [-0.4, -0.2) is 20.1 Å². The zero-order valence-corrected chi connectivity index (χ0v) is 12.9. The van der Waals surface area contributed by atoms with Gasteiger partial charge in [0.1, 0.15) is 5.82 Å². The van der Waals surface area contributed by atoms with Crippen LogP contribution in [0.25, 0.3) is 0 Å². The highest BCUT2D eigenvalue weighted by atomic mass is 32.2. The molecule has 0 saturated heterocycles. The topological polar surface area (TPSA) is 66.4 Å². The van der Waals surface area contributed by atoms with E-state index in [1.165, 1.54) is 19.1 Å². The van der Waals surface area contributed by atoms with Crippen LogP contribution in [0.3, 0.4) is 0 Å². The third-order valence-corrected chi connectivity index (χ3v) is 4.47. The lowest BCUT2D eigenvalue weighted by molar-refractivity contribution is 0.275. The molecule has 1 aromatic carbocycles. The molecule has 0 saturated carbocycles. The van der Waals surface area contributed by atoms with E-state index in [9.17, 15) is 12.8 Å². The molecule has 6 heteroatoms. The van der Waals surface area contributed by atoms with E-state index in [1.54, 1.807) is 0 Å². The summed E-state index contributed by atoms with van der Waals surface area (Å²) >= 11 is 0. The van der Waals surface area contributed by atoms with E-state index in [0.717, 1.165) is 12.8 Å². The SMILES string of the molecule is Cc1cc(S(=O)(=O)NCCCC(C)C)cc(CO)c1F. The third-order valence-electron chi connectivity index (χ3n) is 3.03. The minimum atomic E-state index is -3.66. The van der Waals surface area contributed by atoms with Crippen molar-refractivity contribution in [3.63, 3.8) is 0 Å². The van der Waals surface area contributed by atoms with Gasteiger partial charge in [-0.3, -0.25) is 0 Å². The fourth-order valence-corrected chi connectivity index (χ4v) is 3.09. The maximum atomic E-state index is 13.6. The number of nitrogens with one attached hydrogen (secondary N) is 1. The molecule has 20 heavy (non-hydrogen) atoms. The summed E-state index contributed by atoms with van der Waals surface area (Å²) in [7, 11) is -3.66. The molecule has 0 spiro atoms. The van der Waals surface area contributed by atoms with Crippen LogP contribution < -0.4 is 4.72 Å². The molecular weight excluding hydrogens is 281 g/mol. The second-order valence-electron chi connectivity index (χ2n) is 5.31. The zero-order valence-electron chi connectivity index (χ0n) is 12.1. The highest BCUT2D eigenvalue weighted by Gasteiger charge is 2.17. The molecule has 0 heterocycles. The van der Waals surface area contributed by atoms with E-state index in [4.69, 9.17) is 5.11 Å². The average molecular weight is 303 g/mol. The molecule has 0 aromatic heterocycles. The number of aryl methyl sites for hydroxylation is 1. The molecule has 114 valence electrons. The quantitative estimate of drug-likeness (QED) is 0.760. The number of benzene rings is 1. The van der Waals surface area contributed by atoms with Crippen molar-refractivity contribution in [3.8, 4) is 0 Å². The Morgan fingerprint density at radius 2 is 2.00 bits per heavy atom. The predicted molar refractivity (Wildman–Crippen MR) is 76.3 cm³/mol. The molecule has 0 radical (unpaired) electrons. The first kappa shape index (κ1) is 17.1. The van der Waals surface area contributed by atoms with Crippen molar-refractivity contribution < 1.29 is 17.9 Å². The second kappa shape index (κ2) is 7.15. The highest BCUT2D eigenvalue weighted by molar-refractivity contribution is 7.89. The number of halogens is 1. The Hall–Kier alpha value is -0.980. The van der Waals surface area contributed by atoms with Crippen LogP contribution in [0.4, 0.5) is 4.39 Å². The first-order valence-corrected chi connectivity index (χ1v) is 8.15. The first-order valence-electron chi connectivity index (χ1n) is 6.67. The average Bonchev–Trinajstić information content (AvgIpc) is 2.37. The summed E-state index contributed by atoms with van der Waals surface area (Å²) in [6.07, 6.45) is 1.69. The largest absolute Gasteiger partial charge is 0.392 e. The van der Waals surface area contributed by atoms with Crippen LogP contribution in [0.5, 0.6) is 0 Å². The Kier molecular flexibility index (Phi) is 6.10. The van der Waals surface area contributed by atoms with Gasteiger partial charge in [0.25, 0.3) is 0 Å². The molecule has 4 nitrogen and oxygen atoms in total. The fourth-order valence-electron chi connectivity index (χ4n) is 1.88. The fraction of sp³-hybridized carbons (Fsp3) is 0.571. The molecular formula is C14H22FNO3S. The van der Waals surface area contributed by atoms with Gasteiger partial charge < -0.3 is 5.11 Å². The van der Waals surface area contributed by atoms with Gasteiger partial charge in [-0.05, 0) is 43.4 Å². The van der Waals surface area contributed by atoms with E-state index in [1.807, 2.05) is 0 Å². The van der Waals surface area contributed by atoms with E-state index in [2.05, 4.69) is 18.6 Å². The van der Waals surface area contributed by atoms with Crippen molar-refractivity contribution in [2.45, 2.75) is 45.1 Å². The van der Waals surface area contributed by atoms with Crippen LogP contribution in [0.2, 0.25) is 0 Å². The maximum Gasteiger partial charge on any atom is 0.240 e. The van der Waals surface area contributed by atoms with Crippen molar-refractivity contribution in [2.75, 3.05) is 6.54 Å². The van der Waals surface area contributed by atoms with E-state index in [0.29, 0.717) is 12.5 Å². The Morgan fingerprint density at radius 3 is 2.55 bits per heavy atom. The molecule has 0 atom stereocenters. The van der Waals surface area contributed by atoms with Gasteiger partial charge in [-0.15, -0.1) is 0 Å². The number of rotatable bonds is 7. The van der Waals surface area contributed by atoms with Gasteiger partial charge in [0.05, 0.1) is 11.5 Å². The maximum absolute atomic E-state index is 13.6. The first-order chi connectivity index (χ1) is 9.27. The Bertz CT molecular complexity index is 556. The Morgan fingerprint density at radius 1 is 1.35 bits per heavy atom. The predicted octanol–water partition coefficient (Wildman–Crippen LogP) is 2.34. The van der Waals surface area contributed by atoms with Gasteiger partial charge in [-0.1, -0.05) is 13.8 Å². The second-order valence-corrected chi connectivity index (χ2v) is 7.07. The van der Waals surface area contributed by atoms with Gasteiger partial charge >= 0.3 is 0 Å². The van der Waals surface area contributed by atoms with Crippen LogP contribution in [-0.2, 0) is 16.6 Å². The van der Waals surface area contributed by atoms with E-state index in [-0.39, 0.29) is 16.0 Å². The minimum Gasteiger partial charge on any atom is -0.392 e. The van der Waals surface area contributed by atoms with Crippen molar-refractivity contribution in [2.24, 2.45) is 5.92 Å². The molecule has 0 bridgehead atoms. The molecule has 0 unspecified atom stereocenters. The standard InChI is InChI=1S/C14H22FNO3S/c1-10(2)5-4-6-16-20(18,19)13-7-11(3)14(15)12(8-13)9-17/h7-8,10,16-17H,4-6,9H2,1-3H3. The van der Waals surface area contributed by atoms with Crippen molar-refractivity contribution in [3.05, 3.63) is 29.1 Å². The lowest BCUT2D eigenvalue weighted by Gasteiger charge is -2.11. The van der Waals surface area contributed by atoms with Crippen LogP contribution in [0, 0.1) is 18.7 Å². The summed E-state index contributed by atoms with van der Waals surface area (Å²) in [5, 5.41) is 9.05. The van der Waals surface area contributed by atoms with E-state index >= 15 is 0 Å². The van der Waals surface area contributed by atoms with Crippen LogP contribution >= 0.6 is 0 Å². The summed E-state index contributed by atoms with van der Waals surface area (Å²) in [6, 6.07) is 2.45. The molecule has 0 aliphatic carbocycles. The van der Waals surface area contributed by atoms with Gasteiger partial charge in [-0.25, -0.2) is 17.5 Å². The molecule has 0 fully saturated rings. The smallest absolute Gasteiger partial charge is 0.240 e. The van der Waals surface area contributed by atoms with E-state index < -0.39 is 22.4 Å². The Balaban J connectivity index is 2.85. The van der Waals surface area contributed by atoms with Crippen LogP contribution in [0.1, 0.15) is 37.8 Å². The summed E-state index contributed by atoms with van der Waals surface area (Å²) in [5.41, 5.74) is 0.201. The number of hydrogen-bond acceptors (Lipinski definition) is 3. The molecule has 0 aliphatic heterocycles. The number of aliphatic hydroxyl groups is 1. The zero-order chi connectivity index (χ0) is 15.3. The van der Waals surface area contributed by atoms with Crippen LogP contribution in [0.15, 0.2) is 17.0 Å². The number of sulfonamides is 1. The summed E-state index contributed by atoms with van der Waals surface area (Å²) in [4.78, 5) is -0.00926. The Labute approximate surface area is 120 Å². The highest BCUT2D eigenvalue weighted by Crippen LogP contribution is 2.19. The van der Waals surface area contributed by atoms with Gasteiger partial charge in [0.15, 0.2) is 0 Å². The summed E-state index contributed by atoms with van der Waals surface area (Å²) in [6.45, 7) is 5.46. The monoisotopic (exact) mass is 303 g/mol. The van der Waals surface area contributed by atoms with Crippen molar-refractivity contribution in [1.82, 2.24) is 4.72 Å². The van der Waals surface area contributed by atoms with Gasteiger partial charge in [0.2, 0.25) is 10.0 Å². The van der Waals surface area contributed by atoms with Gasteiger partial charge in [-0.2, -0.15) is 0 Å². The number of aliphatic hydroxyl groups excluding tert-OH is 1. The summed E-state index contributed by atoms with van der Waals surface area (Å²) < 4.78 is 40.3. The number of hydrogen-bond donors (Lipinski definition) is 2. The third kappa shape index (κ3) is 4.54. The lowest BCUT2D eigenvalue weighted by Crippen LogP contribution is -2.25. The van der Waals surface area contributed by atoms with Crippen molar-refractivity contribution in [1.29, 1.82) is 0 Å². The normalized spacial score (nSPS) is 12.1. The van der Waals surface area contributed by atoms with Crippen molar-refractivity contribution >= 4 is 10.0 Å². The van der Waals surface area contributed by atoms with Gasteiger partial charge in [0, 0.05) is 12.1 Å². The molecule has 0 aliphatic rings. The minimum absolute atomic E-state index is 0.00689. The molecule has 1 rings (SSSR count). The molecule has 0 amide bonds. The lowest BCUT2D eigenvalue weighted by atomic mass is 10.1. The summed E-state index contributed by atoms with van der Waals surface area (Å²) in [5.74, 6) is -0.0418. The molecule has 2 N–H and O–H groups in total.